The maximum absolute atomic E-state index is 12.1. The molecule has 1 aromatic heterocycles. The molecule has 0 saturated carbocycles. The highest BCUT2D eigenvalue weighted by molar-refractivity contribution is 5.93. The van der Waals surface area contributed by atoms with Gasteiger partial charge in [-0.05, 0) is 39.0 Å². The predicted octanol–water partition coefficient (Wildman–Crippen LogP) is 1.31. The van der Waals surface area contributed by atoms with Gasteiger partial charge in [-0.2, -0.15) is 0 Å². The summed E-state index contributed by atoms with van der Waals surface area (Å²) in [5.41, 5.74) is 1.60. The van der Waals surface area contributed by atoms with Crippen LogP contribution in [0.5, 0.6) is 0 Å². The lowest BCUT2D eigenvalue weighted by Gasteiger charge is -2.35. The van der Waals surface area contributed by atoms with Gasteiger partial charge in [0.1, 0.15) is 0 Å². The molecular formula is C19H27N5O3. The zero-order valence-corrected chi connectivity index (χ0v) is 16.3. The maximum atomic E-state index is 12.1. The van der Waals surface area contributed by atoms with E-state index in [4.69, 9.17) is 5.11 Å². The molecular weight excluding hydrogens is 346 g/mol. The number of aromatic nitrogens is 2. The standard InChI is InChI=1S/C19H27N5O3/c1-19(2,3)21-16(25)12-23-7-9-24(10-8-23)18-20-14-11-13(17(26)27)5-6-15(14)22(18)4/h5-6,11H,7-10,12H2,1-4H3,(H,21,25)(H,26,27). The first kappa shape index (κ1) is 19.2. The smallest absolute Gasteiger partial charge is 0.335 e. The van der Waals surface area contributed by atoms with Crippen molar-refractivity contribution < 1.29 is 14.7 Å². The fourth-order valence-electron chi connectivity index (χ4n) is 3.37. The van der Waals surface area contributed by atoms with Crippen molar-refractivity contribution in [1.29, 1.82) is 0 Å². The van der Waals surface area contributed by atoms with Crippen LogP contribution in [0.4, 0.5) is 5.95 Å². The van der Waals surface area contributed by atoms with Crippen molar-refractivity contribution in [1.82, 2.24) is 19.8 Å². The van der Waals surface area contributed by atoms with E-state index in [1.165, 1.54) is 0 Å². The van der Waals surface area contributed by atoms with E-state index in [2.05, 4.69) is 20.1 Å². The minimum atomic E-state index is -0.953. The Labute approximate surface area is 158 Å². The molecule has 1 fully saturated rings. The normalized spacial score (nSPS) is 15.9. The topological polar surface area (TPSA) is 90.7 Å². The number of aromatic carboxylic acids is 1. The third-order valence-electron chi connectivity index (χ3n) is 4.64. The second-order valence-electron chi connectivity index (χ2n) is 8.04. The lowest BCUT2D eigenvalue weighted by molar-refractivity contribution is -0.123. The number of hydrogen-bond donors (Lipinski definition) is 2. The number of fused-ring (bicyclic) bond motifs is 1. The quantitative estimate of drug-likeness (QED) is 0.840. The van der Waals surface area contributed by atoms with Crippen LogP contribution in [0.25, 0.3) is 11.0 Å². The molecule has 27 heavy (non-hydrogen) atoms. The Kier molecular flexibility index (Phi) is 5.10. The minimum Gasteiger partial charge on any atom is -0.478 e. The van der Waals surface area contributed by atoms with E-state index in [0.29, 0.717) is 12.1 Å². The summed E-state index contributed by atoms with van der Waals surface area (Å²) < 4.78 is 1.99. The van der Waals surface area contributed by atoms with Crippen LogP contribution < -0.4 is 10.2 Å². The summed E-state index contributed by atoms with van der Waals surface area (Å²) in [6.07, 6.45) is 0. The van der Waals surface area contributed by atoms with E-state index >= 15 is 0 Å². The van der Waals surface area contributed by atoms with E-state index in [9.17, 15) is 9.59 Å². The number of nitrogens with zero attached hydrogens (tertiary/aromatic N) is 4. The first-order valence-electron chi connectivity index (χ1n) is 9.12. The molecule has 1 aliphatic rings. The van der Waals surface area contributed by atoms with Gasteiger partial charge in [0.25, 0.3) is 0 Å². The average molecular weight is 373 g/mol. The fourth-order valence-corrected chi connectivity index (χ4v) is 3.37. The molecule has 0 aliphatic carbocycles. The Morgan fingerprint density at radius 2 is 1.85 bits per heavy atom. The van der Waals surface area contributed by atoms with Crippen molar-refractivity contribution in [3.8, 4) is 0 Å². The second kappa shape index (κ2) is 7.19. The fraction of sp³-hybridized carbons (Fsp3) is 0.526. The Morgan fingerprint density at radius 3 is 2.44 bits per heavy atom. The molecule has 0 spiro atoms. The highest BCUT2D eigenvalue weighted by Gasteiger charge is 2.24. The monoisotopic (exact) mass is 373 g/mol. The molecule has 3 rings (SSSR count). The third-order valence-corrected chi connectivity index (χ3v) is 4.64. The Bertz CT molecular complexity index is 860. The second-order valence-corrected chi connectivity index (χ2v) is 8.04. The molecule has 0 radical (unpaired) electrons. The van der Waals surface area contributed by atoms with Gasteiger partial charge in [0, 0.05) is 38.8 Å². The Morgan fingerprint density at radius 1 is 1.19 bits per heavy atom. The number of nitrogens with one attached hydrogen (secondary N) is 1. The van der Waals surface area contributed by atoms with Crippen molar-refractivity contribution in [3.05, 3.63) is 23.8 Å². The Balaban J connectivity index is 1.66. The van der Waals surface area contributed by atoms with E-state index in [-0.39, 0.29) is 17.0 Å². The molecule has 2 heterocycles. The third kappa shape index (κ3) is 4.39. The number of aryl methyl sites for hydroxylation is 1. The molecule has 146 valence electrons. The van der Waals surface area contributed by atoms with E-state index in [1.54, 1.807) is 18.2 Å². The molecule has 2 aromatic rings. The molecule has 8 nitrogen and oxygen atoms in total. The van der Waals surface area contributed by atoms with E-state index in [0.717, 1.165) is 37.6 Å². The lowest BCUT2D eigenvalue weighted by Crippen LogP contribution is -2.52. The first-order chi connectivity index (χ1) is 12.6. The largest absolute Gasteiger partial charge is 0.478 e. The summed E-state index contributed by atoms with van der Waals surface area (Å²) in [5.74, 6) is -0.0857. The zero-order valence-electron chi connectivity index (χ0n) is 16.3. The number of hydrogen-bond acceptors (Lipinski definition) is 5. The maximum Gasteiger partial charge on any atom is 0.335 e. The summed E-state index contributed by atoms with van der Waals surface area (Å²) in [4.78, 5) is 32.2. The van der Waals surface area contributed by atoms with Gasteiger partial charge in [-0.25, -0.2) is 9.78 Å². The molecule has 1 aromatic carbocycles. The number of rotatable bonds is 4. The number of carboxylic acid groups (broad SMARTS) is 1. The molecule has 1 saturated heterocycles. The number of carbonyl (C=O) groups excluding carboxylic acids is 1. The summed E-state index contributed by atoms with van der Waals surface area (Å²) in [7, 11) is 1.94. The molecule has 2 N–H and O–H groups in total. The number of piperazine rings is 1. The number of carboxylic acids is 1. The number of benzene rings is 1. The lowest BCUT2D eigenvalue weighted by atomic mass is 10.1. The molecule has 1 amide bonds. The number of amides is 1. The van der Waals surface area contributed by atoms with Crippen LogP contribution in [0.1, 0.15) is 31.1 Å². The van der Waals surface area contributed by atoms with Crippen LogP contribution in [-0.2, 0) is 11.8 Å². The van der Waals surface area contributed by atoms with Crippen LogP contribution in [0.2, 0.25) is 0 Å². The van der Waals surface area contributed by atoms with Crippen molar-refractivity contribution in [2.24, 2.45) is 7.05 Å². The zero-order chi connectivity index (χ0) is 19.8. The van der Waals surface area contributed by atoms with Crippen LogP contribution >= 0.6 is 0 Å². The van der Waals surface area contributed by atoms with Crippen LogP contribution in [-0.4, -0.2) is 69.7 Å². The van der Waals surface area contributed by atoms with E-state index in [1.807, 2.05) is 32.4 Å². The highest BCUT2D eigenvalue weighted by atomic mass is 16.4. The van der Waals surface area contributed by atoms with Crippen molar-refractivity contribution in [3.63, 3.8) is 0 Å². The van der Waals surface area contributed by atoms with E-state index < -0.39 is 5.97 Å². The van der Waals surface area contributed by atoms with Crippen molar-refractivity contribution in [2.75, 3.05) is 37.6 Å². The summed E-state index contributed by atoms with van der Waals surface area (Å²) >= 11 is 0. The molecule has 0 bridgehead atoms. The summed E-state index contributed by atoms with van der Waals surface area (Å²) in [6.45, 7) is 9.43. The minimum absolute atomic E-state index is 0.0416. The van der Waals surface area contributed by atoms with Gasteiger partial charge in [-0.1, -0.05) is 0 Å². The van der Waals surface area contributed by atoms with Gasteiger partial charge >= 0.3 is 5.97 Å². The van der Waals surface area contributed by atoms with Crippen LogP contribution in [0, 0.1) is 0 Å². The summed E-state index contributed by atoms with van der Waals surface area (Å²) in [5, 5.41) is 12.1. The van der Waals surface area contributed by atoms with Crippen LogP contribution in [0.3, 0.4) is 0 Å². The van der Waals surface area contributed by atoms with Crippen molar-refractivity contribution in [2.45, 2.75) is 26.3 Å². The Hall–Kier alpha value is -2.61. The van der Waals surface area contributed by atoms with Gasteiger partial charge in [-0.15, -0.1) is 0 Å². The average Bonchev–Trinajstić information content (AvgIpc) is 2.90. The highest BCUT2D eigenvalue weighted by Crippen LogP contribution is 2.23. The van der Waals surface area contributed by atoms with Gasteiger partial charge in [-0.3, -0.25) is 9.69 Å². The SMILES string of the molecule is Cn1c(N2CCN(CC(=O)NC(C)(C)C)CC2)nc2cc(C(=O)O)ccc21. The number of carbonyl (C=O) groups is 2. The van der Waals surface area contributed by atoms with Gasteiger partial charge in [0.15, 0.2) is 0 Å². The molecule has 8 heteroatoms. The van der Waals surface area contributed by atoms with Gasteiger partial charge < -0.3 is 19.9 Å². The van der Waals surface area contributed by atoms with Crippen molar-refractivity contribution >= 4 is 28.9 Å². The first-order valence-corrected chi connectivity index (χ1v) is 9.12. The molecule has 0 atom stereocenters. The molecule has 1 aliphatic heterocycles. The molecule has 0 unspecified atom stereocenters. The summed E-state index contributed by atoms with van der Waals surface area (Å²) in [6, 6.07) is 5.00. The predicted molar refractivity (Wildman–Crippen MR) is 104 cm³/mol. The van der Waals surface area contributed by atoms with Crippen LogP contribution in [0.15, 0.2) is 18.2 Å². The van der Waals surface area contributed by atoms with Gasteiger partial charge in [0.05, 0.1) is 23.1 Å². The number of anilines is 1. The van der Waals surface area contributed by atoms with Gasteiger partial charge in [0.2, 0.25) is 11.9 Å². The number of imidazole rings is 1.